The van der Waals surface area contributed by atoms with Crippen molar-refractivity contribution in [2.75, 3.05) is 11.4 Å². The molecule has 1 N–H and O–H groups in total. The van der Waals surface area contributed by atoms with Crippen LogP contribution >= 0.6 is 15.9 Å². The number of halogens is 1. The summed E-state index contributed by atoms with van der Waals surface area (Å²) < 4.78 is 41.9. The molecule has 0 spiro atoms. The van der Waals surface area contributed by atoms with E-state index in [4.69, 9.17) is 9.47 Å². The molecule has 1 aliphatic heterocycles. The first-order valence-corrected chi connectivity index (χ1v) is 14.4. The van der Waals surface area contributed by atoms with E-state index >= 15 is 0 Å². The number of nitrogens with one attached hydrogen (secondary N) is 1. The van der Waals surface area contributed by atoms with Crippen LogP contribution in [-0.4, -0.2) is 32.1 Å². The Kier molecular flexibility index (Phi) is 8.90. The van der Waals surface area contributed by atoms with Gasteiger partial charge in [-0.1, -0.05) is 44.9 Å². The van der Waals surface area contributed by atoms with Crippen molar-refractivity contribution in [3.05, 3.63) is 59.3 Å². The van der Waals surface area contributed by atoms with E-state index in [1.807, 2.05) is 37.3 Å². The summed E-state index contributed by atoms with van der Waals surface area (Å²) in [7, 11) is -3.88. The van der Waals surface area contributed by atoms with Gasteiger partial charge in [0.05, 0.1) is 28.0 Å². The first-order valence-electron chi connectivity index (χ1n) is 12.2. The largest absolute Gasteiger partial charge is 0.463 e. The summed E-state index contributed by atoms with van der Waals surface area (Å²) in [6, 6.07) is 13.0. The SMILES string of the molecule is CCCCC1(CC)CN(c2ccccc2)c2cc(Br)c(O/C=C/C(=O)OC(C)(C)C)cc2S(=O)(=O)N1. The lowest BCUT2D eigenvalue weighted by atomic mass is 9.90. The minimum atomic E-state index is -3.88. The lowest BCUT2D eigenvalue weighted by molar-refractivity contribution is -0.148. The predicted octanol–water partition coefficient (Wildman–Crippen LogP) is 6.45. The van der Waals surface area contributed by atoms with E-state index in [1.54, 1.807) is 26.8 Å². The van der Waals surface area contributed by atoms with Gasteiger partial charge in [-0.25, -0.2) is 17.9 Å². The van der Waals surface area contributed by atoms with Crippen molar-refractivity contribution < 1.29 is 22.7 Å². The number of unbranched alkanes of at least 4 members (excludes halogenated alkanes) is 1. The zero-order valence-electron chi connectivity index (χ0n) is 21.5. The molecule has 0 radical (unpaired) electrons. The second-order valence-corrected chi connectivity index (χ2v) is 12.5. The highest BCUT2D eigenvalue weighted by Gasteiger charge is 2.41. The Balaban J connectivity index is 2.07. The Morgan fingerprint density at radius 2 is 1.89 bits per heavy atom. The van der Waals surface area contributed by atoms with Crippen LogP contribution in [0, 0.1) is 0 Å². The molecule has 0 saturated heterocycles. The minimum Gasteiger partial charge on any atom is -0.463 e. The van der Waals surface area contributed by atoms with Gasteiger partial charge in [-0.05, 0) is 67.7 Å². The molecule has 0 aliphatic carbocycles. The average Bonchev–Trinajstić information content (AvgIpc) is 2.89. The predicted molar refractivity (Wildman–Crippen MR) is 146 cm³/mol. The van der Waals surface area contributed by atoms with Crippen LogP contribution in [0.15, 0.2) is 64.2 Å². The maximum atomic E-state index is 13.7. The van der Waals surface area contributed by atoms with Crippen LogP contribution in [0.2, 0.25) is 0 Å². The number of fused-ring (bicyclic) bond motifs is 1. The number of para-hydroxylation sites is 1. The number of carbonyl (C=O) groups excluding carboxylic acids is 1. The number of anilines is 2. The molecule has 196 valence electrons. The number of carbonyl (C=O) groups is 1. The Labute approximate surface area is 223 Å². The third kappa shape index (κ3) is 6.89. The molecule has 1 atom stereocenters. The fourth-order valence-electron chi connectivity index (χ4n) is 4.14. The molecular formula is C27H35BrN2O5S. The van der Waals surface area contributed by atoms with Crippen molar-refractivity contribution in [1.82, 2.24) is 4.72 Å². The van der Waals surface area contributed by atoms with Crippen LogP contribution in [0.1, 0.15) is 60.3 Å². The number of sulfonamides is 1. The third-order valence-corrected chi connectivity index (χ3v) is 8.19. The van der Waals surface area contributed by atoms with Gasteiger partial charge >= 0.3 is 5.97 Å². The number of ether oxygens (including phenoxy) is 2. The summed E-state index contributed by atoms with van der Waals surface area (Å²) in [6.45, 7) is 9.93. The minimum absolute atomic E-state index is 0.113. The molecule has 2 aromatic rings. The van der Waals surface area contributed by atoms with E-state index in [0.29, 0.717) is 23.1 Å². The number of hydrogen-bond donors (Lipinski definition) is 1. The van der Waals surface area contributed by atoms with Gasteiger partial charge in [-0.2, -0.15) is 0 Å². The van der Waals surface area contributed by atoms with E-state index in [2.05, 4.69) is 32.5 Å². The van der Waals surface area contributed by atoms with Gasteiger partial charge in [0, 0.05) is 18.3 Å². The van der Waals surface area contributed by atoms with Gasteiger partial charge < -0.3 is 14.4 Å². The smallest absolute Gasteiger partial charge is 0.334 e. The molecular weight excluding hydrogens is 544 g/mol. The molecule has 9 heteroatoms. The van der Waals surface area contributed by atoms with Crippen LogP contribution in [0.25, 0.3) is 0 Å². The Bertz CT molecular complexity index is 1210. The van der Waals surface area contributed by atoms with Crippen molar-refractivity contribution >= 4 is 43.3 Å². The van der Waals surface area contributed by atoms with Gasteiger partial charge in [0.2, 0.25) is 10.0 Å². The lowest BCUT2D eigenvalue weighted by Crippen LogP contribution is -2.52. The molecule has 1 unspecified atom stereocenters. The van der Waals surface area contributed by atoms with Gasteiger partial charge in [0.1, 0.15) is 16.2 Å². The molecule has 0 aromatic heterocycles. The topological polar surface area (TPSA) is 84.9 Å². The standard InChI is InChI=1S/C27H35BrN2O5S/c1-6-8-15-27(7-2)19-30(20-12-10-9-11-13-20)22-17-21(28)23(18-24(22)36(32,33)29-27)34-16-14-25(31)35-26(3,4)5/h9-14,16-18,29H,6-8,15,19H2,1-5H3/b16-14+. The lowest BCUT2D eigenvalue weighted by Gasteiger charge is -2.36. The third-order valence-electron chi connectivity index (χ3n) is 5.96. The van der Waals surface area contributed by atoms with Crippen molar-refractivity contribution in [2.45, 2.75) is 76.3 Å². The maximum absolute atomic E-state index is 13.7. The maximum Gasteiger partial charge on any atom is 0.334 e. The highest BCUT2D eigenvalue weighted by atomic mass is 79.9. The van der Waals surface area contributed by atoms with Crippen molar-refractivity contribution in [3.8, 4) is 5.75 Å². The van der Waals surface area contributed by atoms with E-state index < -0.39 is 27.1 Å². The molecule has 0 saturated carbocycles. The summed E-state index contributed by atoms with van der Waals surface area (Å²) in [4.78, 5) is 14.2. The molecule has 1 aliphatic rings. The fraction of sp³-hybridized carbons (Fsp3) is 0.444. The molecule has 0 amide bonds. The second-order valence-electron chi connectivity index (χ2n) is 9.97. The van der Waals surface area contributed by atoms with Crippen molar-refractivity contribution in [1.29, 1.82) is 0 Å². The Hall–Kier alpha value is -2.36. The summed E-state index contributed by atoms with van der Waals surface area (Å²) in [5, 5.41) is 0. The van der Waals surface area contributed by atoms with Gasteiger partial charge in [0.15, 0.2) is 0 Å². The van der Waals surface area contributed by atoms with E-state index in [9.17, 15) is 13.2 Å². The molecule has 3 rings (SSSR count). The first kappa shape index (κ1) is 28.2. The van der Waals surface area contributed by atoms with Gasteiger partial charge in [0.25, 0.3) is 0 Å². The number of nitrogens with zero attached hydrogens (tertiary/aromatic N) is 1. The fourth-order valence-corrected chi connectivity index (χ4v) is 6.27. The monoisotopic (exact) mass is 578 g/mol. The summed E-state index contributed by atoms with van der Waals surface area (Å²) in [6.07, 6.45) is 5.60. The van der Waals surface area contributed by atoms with Gasteiger partial charge in [-0.15, -0.1) is 0 Å². The Morgan fingerprint density at radius 3 is 2.50 bits per heavy atom. The molecule has 36 heavy (non-hydrogen) atoms. The Morgan fingerprint density at radius 1 is 1.19 bits per heavy atom. The number of rotatable bonds is 8. The van der Waals surface area contributed by atoms with E-state index in [0.717, 1.165) is 24.9 Å². The number of hydrogen-bond acceptors (Lipinski definition) is 6. The highest BCUT2D eigenvalue weighted by Crippen LogP contribution is 2.43. The van der Waals surface area contributed by atoms with Crippen LogP contribution in [0.3, 0.4) is 0 Å². The average molecular weight is 580 g/mol. The zero-order chi connectivity index (χ0) is 26.6. The highest BCUT2D eigenvalue weighted by molar-refractivity contribution is 9.10. The molecule has 0 bridgehead atoms. The van der Waals surface area contributed by atoms with Crippen LogP contribution in [0.4, 0.5) is 11.4 Å². The molecule has 7 nitrogen and oxygen atoms in total. The quantitative estimate of drug-likeness (QED) is 0.220. The first-order chi connectivity index (χ1) is 16.9. The normalized spacial score (nSPS) is 19.6. The van der Waals surface area contributed by atoms with Crippen molar-refractivity contribution in [3.63, 3.8) is 0 Å². The van der Waals surface area contributed by atoms with E-state index in [1.165, 1.54) is 18.4 Å². The van der Waals surface area contributed by atoms with Crippen LogP contribution in [-0.2, 0) is 19.6 Å². The second kappa shape index (κ2) is 11.4. The zero-order valence-corrected chi connectivity index (χ0v) is 23.9. The number of benzene rings is 2. The molecule has 0 fully saturated rings. The van der Waals surface area contributed by atoms with E-state index in [-0.39, 0.29) is 10.6 Å². The molecule has 2 aromatic carbocycles. The molecule has 1 heterocycles. The van der Waals surface area contributed by atoms with Crippen LogP contribution in [0.5, 0.6) is 5.75 Å². The van der Waals surface area contributed by atoms with Gasteiger partial charge in [-0.3, -0.25) is 0 Å². The number of esters is 1. The van der Waals surface area contributed by atoms with Crippen LogP contribution < -0.4 is 14.4 Å². The summed E-state index contributed by atoms with van der Waals surface area (Å²) in [5.74, 6) is -0.286. The summed E-state index contributed by atoms with van der Waals surface area (Å²) in [5.41, 5.74) is 0.192. The van der Waals surface area contributed by atoms with Crippen molar-refractivity contribution in [2.24, 2.45) is 0 Å². The summed E-state index contributed by atoms with van der Waals surface area (Å²) >= 11 is 3.53.